The quantitative estimate of drug-likeness (QED) is 0.688. The van der Waals surface area contributed by atoms with E-state index in [1.807, 2.05) is 37.0 Å². The first kappa shape index (κ1) is 21.8. The highest BCUT2D eigenvalue weighted by Crippen LogP contribution is 2.64. The minimum absolute atomic E-state index is 0.142. The molecule has 33 heavy (non-hydrogen) atoms. The van der Waals surface area contributed by atoms with Crippen LogP contribution in [0.25, 0.3) is 10.9 Å². The van der Waals surface area contributed by atoms with Crippen LogP contribution in [0.4, 0.5) is 0 Å². The lowest BCUT2D eigenvalue weighted by Crippen LogP contribution is -2.51. The molecule has 0 saturated heterocycles. The normalized spacial score (nSPS) is 42.5. The molecule has 0 amide bonds. The molecule has 6 rings (SSSR count). The van der Waals surface area contributed by atoms with Crippen molar-refractivity contribution in [2.45, 2.75) is 90.7 Å². The van der Waals surface area contributed by atoms with Gasteiger partial charge >= 0.3 is 0 Å². The van der Waals surface area contributed by atoms with E-state index in [2.05, 4.69) is 17.0 Å². The van der Waals surface area contributed by atoms with Crippen molar-refractivity contribution >= 4 is 16.7 Å². The molecule has 2 aromatic heterocycles. The summed E-state index contributed by atoms with van der Waals surface area (Å²) in [5.74, 6) is 4.32. The van der Waals surface area contributed by atoms with Gasteiger partial charge in [-0.3, -0.25) is 14.5 Å². The van der Waals surface area contributed by atoms with E-state index in [9.17, 15) is 9.90 Å². The van der Waals surface area contributed by atoms with Crippen LogP contribution in [0.3, 0.4) is 0 Å². The van der Waals surface area contributed by atoms with Gasteiger partial charge in [0.2, 0.25) is 0 Å². The van der Waals surface area contributed by atoms with Gasteiger partial charge in [-0.05, 0) is 113 Å². The van der Waals surface area contributed by atoms with Gasteiger partial charge in [0.25, 0.3) is 0 Å². The summed E-state index contributed by atoms with van der Waals surface area (Å²) >= 11 is 0. The Labute approximate surface area is 197 Å². The molecule has 8 unspecified atom stereocenters. The number of carbonyl (C=O) groups excluding carboxylic acids is 1. The number of aromatic nitrogens is 3. The van der Waals surface area contributed by atoms with Gasteiger partial charge in [-0.1, -0.05) is 6.92 Å². The summed E-state index contributed by atoms with van der Waals surface area (Å²) in [6.07, 6.45) is 14.2. The first-order chi connectivity index (χ1) is 15.7. The number of rotatable bonds is 3. The van der Waals surface area contributed by atoms with Crippen LogP contribution in [0.1, 0.15) is 77.3 Å². The molecule has 2 aromatic rings. The Morgan fingerprint density at radius 3 is 2.73 bits per heavy atom. The molecule has 4 fully saturated rings. The summed E-state index contributed by atoms with van der Waals surface area (Å²) in [7, 11) is 0. The van der Waals surface area contributed by atoms with Gasteiger partial charge in [0.15, 0.2) is 5.78 Å². The molecule has 178 valence electrons. The molecule has 5 nitrogen and oxygen atoms in total. The number of hydrogen-bond donors (Lipinski definition) is 1. The average molecular weight is 450 g/mol. The van der Waals surface area contributed by atoms with E-state index in [0.717, 1.165) is 53.6 Å². The van der Waals surface area contributed by atoms with Crippen LogP contribution < -0.4 is 0 Å². The molecular formula is C28H39N3O2. The molecule has 0 spiro atoms. The SMILES string of the molecule is Cc1cc2cnn(CC(=O)C3CCC4C5CCC6CC(C)(O)CCC6C5CCC34C)c2cn1. The number of pyridine rings is 1. The fourth-order valence-electron chi connectivity index (χ4n) is 9.08. The summed E-state index contributed by atoms with van der Waals surface area (Å²) in [5, 5.41) is 16.2. The van der Waals surface area contributed by atoms with Gasteiger partial charge < -0.3 is 5.11 Å². The molecule has 0 bridgehead atoms. The second kappa shape index (κ2) is 7.63. The molecule has 5 heteroatoms. The monoisotopic (exact) mass is 449 g/mol. The fraction of sp³-hybridized carbons (Fsp3) is 0.750. The van der Waals surface area contributed by atoms with E-state index < -0.39 is 5.60 Å². The van der Waals surface area contributed by atoms with Crippen LogP contribution in [-0.2, 0) is 11.3 Å². The largest absolute Gasteiger partial charge is 0.390 e. The van der Waals surface area contributed by atoms with Gasteiger partial charge in [0.1, 0.15) is 6.54 Å². The Balaban J connectivity index is 1.19. The number of aliphatic hydroxyl groups is 1. The lowest BCUT2D eigenvalue weighted by atomic mass is 9.49. The van der Waals surface area contributed by atoms with E-state index in [1.54, 1.807) is 0 Å². The van der Waals surface area contributed by atoms with Crippen molar-refractivity contribution in [2.75, 3.05) is 0 Å². The number of hydrogen-bond acceptors (Lipinski definition) is 4. The summed E-state index contributed by atoms with van der Waals surface area (Å²) in [6.45, 7) is 6.84. The average Bonchev–Trinajstić information content (AvgIpc) is 3.32. The van der Waals surface area contributed by atoms with Gasteiger partial charge in [0.05, 0.1) is 23.5 Å². The van der Waals surface area contributed by atoms with Crippen molar-refractivity contribution in [3.05, 3.63) is 24.2 Å². The lowest BCUT2D eigenvalue weighted by Gasteiger charge is -2.56. The summed E-state index contributed by atoms with van der Waals surface area (Å²) < 4.78 is 1.87. The van der Waals surface area contributed by atoms with Crippen molar-refractivity contribution in [1.82, 2.24) is 14.8 Å². The van der Waals surface area contributed by atoms with Crippen molar-refractivity contribution in [3.63, 3.8) is 0 Å². The van der Waals surface area contributed by atoms with Crippen LogP contribution in [0, 0.1) is 47.8 Å². The van der Waals surface area contributed by atoms with Crippen molar-refractivity contribution in [3.8, 4) is 0 Å². The zero-order valence-corrected chi connectivity index (χ0v) is 20.5. The number of nitrogens with zero attached hydrogens (tertiary/aromatic N) is 3. The van der Waals surface area contributed by atoms with Crippen LogP contribution in [-0.4, -0.2) is 31.3 Å². The molecule has 4 aliphatic carbocycles. The second-order valence-corrected chi connectivity index (χ2v) is 12.5. The Hall–Kier alpha value is -1.75. The third-order valence-corrected chi connectivity index (χ3v) is 10.6. The van der Waals surface area contributed by atoms with Gasteiger partial charge in [0, 0.05) is 17.0 Å². The zero-order valence-electron chi connectivity index (χ0n) is 20.5. The highest BCUT2D eigenvalue weighted by molar-refractivity contribution is 5.85. The van der Waals surface area contributed by atoms with E-state index in [4.69, 9.17) is 0 Å². The standard InChI is InChI=1S/C28H39N3O2/c1-17-12-19-14-30-31(25(19)15-29-17)16-26(32)24-7-6-23-22-5-4-18-13-27(2,33)10-8-20(18)21(22)9-11-28(23,24)3/h12,14-15,18,20-24,33H,4-11,13,16H2,1-3H3. The second-order valence-electron chi connectivity index (χ2n) is 12.5. The predicted octanol–water partition coefficient (Wildman–Crippen LogP) is 5.33. The third-order valence-electron chi connectivity index (χ3n) is 10.6. The molecule has 0 aliphatic heterocycles. The topological polar surface area (TPSA) is 68.0 Å². The third kappa shape index (κ3) is 3.48. The summed E-state index contributed by atoms with van der Waals surface area (Å²) in [4.78, 5) is 18.1. The smallest absolute Gasteiger partial charge is 0.157 e. The summed E-state index contributed by atoms with van der Waals surface area (Å²) in [6, 6.07) is 2.04. The Kier molecular flexibility index (Phi) is 5.03. The first-order valence-electron chi connectivity index (χ1n) is 13.3. The maximum absolute atomic E-state index is 13.6. The Morgan fingerprint density at radius 2 is 1.88 bits per heavy atom. The zero-order chi connectivity index (χ0) is 23.0. The Morgan fingerprint density at radius 1 is 1.06 bits per heavy atom. The molecule has 0 aromatic carbocycles. The predicted molar refractivity (Wildman–Crippen MR) is 128 cm³/mol. The van der Waals surface area contributed by atoms with Crippen LogP contribution >= 0.6 is 0 Å². The van der Waals surface area contributed by atoms with Gasteiger partial charge in [-0.25, -0.2) is 0 Å². The summed E-state index contributed by atoms with van der Waals surface area (Å²) in [5.41, 5.74) is 1.63. The van der Waals surface area contributed by atoms with Gasteiger partial charge in [-0.15, -0.1) is 0 Å². The Bertz CT molecular complexity index is 1070. The highest BCUT2D eigenvalue weighted by atomic mass is 16.3. The molecule has 4 aliphatic rings. The lowest BCUT2D eigenvalue weighted by molar-refractivity contribution is -0.133. The maximum atomic E-state index is 13.6. The highest BCUT2D eigenvalue weighted by Gasteiger charge is 2.58. The number of carbonyl (C=O) groups is 1. The van der Waals surface area contributed by atoms with E-state index in [-0.39, 0.29) is 11.3 Å². The minimum Gasteiger partial charge on any atom is -0.390 e. The number of Topliss-reactive ketones (excluding diaryl/α,β-unsaturated/α-hetero) is 1. The minimum atomic E-state index is -0.451. The van der Waals surface area contributed by atoms with Crippen LogP contribution in [0.2, 0.25) is 0 Å². The molecule has 8 atom stereocenters. The molecular weight excluding hydrogens is 410 g/mol. The van der Waals surface area contributed by atoms with Crippen molar-refractivity contribution < 1.29 is 9.90 Å². The van der Waals surface area contributed by atoms with Crippen LogP contribution in [0.5, 0.6) is 0 Å². The molecule has 1 N–H and O–H groups in total. The number of fused-ring (bicyclic) bond motifs is 6. The van der Waals surface area contributed by atoms with Crippen molar-refractivity contribution in [2.24, 2.45) is 40.9 Å². The molecule has 0 radical (unpaired) electrons. The van der Waals surface area contributed by atoms with Crippen molar-refractivity contribution in [1.29, 1.82) is 0 Å². The molecule has 4 saturated carbocycles. The van der Waals surface area contributed by atoms with E-state index in [1.165, 1.54) is 38.5 Å². The molecule has 2 heterocycles. The fourth-order valence-corrected chi connectivity index (χ4v) is 9.08. The van der Waals surface area contributed by atoms with E-state index in [0.29, 0.717) is 24.2 Å². The maximum Gasteiger partial charge on any atom is 0.157 e. The number of ketones is 1. The first-order valence-corrected chi connectivity index (χ1v) is 13.3. The van der Waals surface area contributed by atoms with E-state index >= 15 is 0 Å². The van der Waals surface area contributed by atoms with Gasteiger partial charge in [-0.2, -0.15) is 5.10 Å². The number of aryl methyl sites for hydroxylation is 1. The van der Waals surface area contributed by atoms with Crippen LogP contribution in [0.15, 0.2) is 18.5 Å².